The predicted molar refractivity (Wildman–Crippen MR) is 88.3 cm³/mol. The summed E-state index contributed by atoms with van der Waals surface area (Å²) in [5.41, 5.74) is 6.25. The molecule has 2 aromatic rings. The fourth-order valence-electron chi connectivity index (χ4n) is 2.59. The van der Waals surface area contributed by atoms with Crippen molar-refractivity contribution in [3.05, 3.63) is 47.7 Å². The van der Waals surface area contributed by atoms with Gasteiger partial charge in [0.1, 0.15) is 6.26 Å². The topological polar surface area (TPSA) is 79.6 Å². The van der Waals surface area contributed by atoms with Gasteiger partial charge in [-0.05, 0) is 24.5 Å². The van der Waals surface area contributed by atoms with E-state index in [2.05, 4.69) is 15.8 Å². The molecule has 1 aliphatic heterocycles. The normalized spacial score (nSPS) is 14.6. The Hall–Kier alpha value is -2.52. The highest BCUT2D eigenvalue weighted by Crippen LogP contribution is 2.20. The minimum Gasteiger partial charge on any atom is -0.481 e. The van der Waals surface area contributed by atoms with Gasteiger partial charge >= 0.3 is 0 Å². The monoisotopic (exact) mass is 366 g/mol. The number of halogens is 2. The lowest BCUT2D eigenvalue weighted by Crippen LogP contribution is -2.30. The van der Waals surface area contributed by atoms with E-state index >= 15 is 0 Å². The van der Waals surface area contributed by atoms with Crippen LogP contribution in [-0.2, 0) is 6.61 Å². The average Bonchev–Trinajstić information content (AvgIpc) is 3.32. The van der Waals surface area contributed by atoms with Crippen molar-refractivity contribution >= 4 is 5.91 Å². The highest BCUT2D eigenvalue weighted by atomic mass is 19.2. The average molecular weight is 366 g/mol. The molecule has 1 amide bonds. The fraction of sp³-hybridized carbons (Fsp3) is 0.412. The van der Waals surface area contributed by atoms with Crippen molar-refractivity contribution in [3.8, 4) is 5.75 Å². The molecular weight excluding hydrogens is 346 g/mol. The van der Waals surface area contributed by atoms with Crippen LogP contribution < -0.4 is 15.6 Å². The molecule has 0 unspecified atom stereocenters. The fourth-order valence-corrected chi connectivity index (χ4v) is 2.59. The second-order valence-corrected chi connectivity index (χ2v) is 6.11. The van der Waals surface area contributed by atoms with Gasteiger partial charge in [-0.3, -0.25) is 15.6 Å². The molecule has 26 heavy (non-hydrogen) atoms. The highest BCUT2D eigenvalue weighted by Gasteiger charge is 2.20. The number of benzene rings is 1. The predicted octanol–water partition coefficient (Wildman–Crippen LogP) is 1.72. The van der Waals surface area contributed by atoms with Gasteiger partial charge in [0.25, 0.3) is 5.91 Å². The molecule has 1 aromatic carbocycles. The molecule has 2 N–H and O–H groups in total. The minimum atomic E-state index is -1.08. The van der Waals surface area contributed by atoms with Gasteiger partial charge in [-0.2, -0.15) is 4.39 Å². The Kier molecular flexibility index (Phi) is 5.79. The first-order chi connectivity index (χ1) is 12.5. The lowest BCUT2D eigenvalue weighted by molar-refractivity contribution is 0.0782. The molecular formula is C17H20F2N4O3. The zero-order valence-corrected chi connectivity index (χ0v) is 14.3. The van der Waals surface area contributed by atoms with Crippen LogP contribution in [0.4, 0.5) is 8.78 Å². The molecule has 0 saturated carbocycles. The summed E-state index contributed by atoms with van der Waals surface area (Å²) in [4.78, 5) is 18.0. The molecule has 1 fully saturated rings. The molecule has 0 radical (unpaired) electrons. The molecule has 1 aliphatic rings. The van der Waals surface area contributed by atoms with E-state index in [4.69, 9.17) is 9.15 Å². The Balaban J connectivity index is 1.53. The summed E-state index contributed by atoms with van der Waals surface area (Å²) in [6.07, 6.45) is 2.10. The smallest absolute Gasteiger partial charge is 0.275 e. The number of aromatic nitrogens is 1. The van der Waals surface area contributed by atoms with Crippen LogP contribution in [0, 0.1) is 17.6 Å². The molecule has 7 nitrogen and oxygen atoms in total. The van der Waals surface area contributed by atoms with Crippen LogP contribution in [-0.4, -0.2) is 42.5 Å². The Morgan fingerprint density at radius 2 is 2.15 bits per heavy atom. The quantitative estimate of drug-likeness (QED) is 0.777. The van der Waals surface area contributed by atoms with E-state index in [0.29, 0.717) is 12.5 Å². The van der Waals surface area contributed by atoms with E-state index in [1.54, 1.807) is 11.9 Å². The van der Waals surface area contributed by atoms with Gasteiger partial charge in [-0.25, -0.2) is 9.37 Å². The van der Waals surface area contributed by atoms with Crippen LogP contribution >= 0.6 is 0 Å². The maximum atomic E-state index is 13.5. The van der Waals surface area contributed by atoms with Crippen molar-refractivity contribution in [2.24, 2.45) is 5.92 Å². The van der Waals surface area contributed by atoms with Gasteiger partial charge < -0.3 is 14.1 Å². The van der Waals surface area contributed by atoms with Crippen LogP contribution in [0.25, 0.3) is 0 Å². The summed E-state index contributed by atoms with van der Waals surface area (Å²) in [7, 11) is 1.70. The second kappa shape index (κ2) is 8.24. The maximum Gasteiger partial charge on any atom is 0.275 e. The number of nitrogens with zero attached hydrogens (tertiary/aromatic N) is 2. The molecule has 2 heterocycles. The number of nitrogens with one attached hydrogen (secondary N) is 2. The van der Waals surface area contributed by atoms with Crippen LogP contribution in [0.2, 0.25) is 0 Å². The van der Waals surface area contributed by atoms with E-state index in [9.17, 15) is 13.6 Å². The number of ether oxygens (including phenoxy) is 1. The first kappa shape index (κ1) is 18.3. The third-order valence-electron chi connectivity index (χ3n) is 4.16. The van der Waals surface area contributed by atoms with Crippen molar-refractivity contribution < 1.29 is 22.7 Å². The summed E-state index contributed by atoms with van der Waals surface area (Å²) in [6.45, 7) is 2.14. The van der Waals surface area contributed by atoms with Gasteiger partial charge in [-0.15, -0.1) is 0 Å². The van der Waals surface area contributed by atoms with Crippen molar-refractivity contribution in [1.82, 2.24) is 20.7 Å². The van der Waals surface area contributed by atoms with Gasteiger partial charge in [0, 0.05) is 26.7 Å². The SMILES string of the molecule is CN(CCC1CNNC1)C(=O)c1coc(COc2cccc(F)c2F)n1. The van der Waals surface area contributed by atoms with E-state index in [1.807, 2.05) is 0 Å². The summed E-state index contributed by atoms with van der Waals surface area (Å²) < 4.78 is 37.0. The van der Waals surface area contributed by atoms with Crippen molar-refractivity contribution in [1.29, 1.82) is 0 Å². The molecule has 0 bridgehead atoms. The van der Waals surface area contributed by atoms with Gasteiger partial charge in [0.15, 0.2) is 23.9 Å². The molecule has 9 heteroatoms. The molecule has 0 aliphatic carbocycles. The summed E-state index contributed by atoms with van der Waals surface area (Å²) >= 11 is 0. The van der Waals surface area contributed by atoms with Crippen molar-refractivity contribution in [2.45, 2.75) is 13.0 Å². The zero-order chi connectivity index (χ0) is 18.5. The standard InChI is InChI=1S/C17H20F2N4O3/c1-23(6-5-11-7-20-21-8-11)17(24)13-9-26-15(22-13)10-25-14-4-2-3-12(18)16(14)19/h2-4,9,11,20-21H,5-8,10H2,1H3. The van der Waals surface area contributed by atoms with E-state index < -0.39 is 11.6 Å². The van der Waals surface area contributed by atoms with Crippen molar-refractivity contribution in [3.63, 3.8) is 0 Å². The second-order valence-electron chi connectivity index (χ2n) is 6.11. The molecule has 3 rings (SSSR count). The van der Waals surface area contributed by atoms with Crippen LogP contribution in [0.3, 0.4) is 0 Å². The summed E-state index contributed by atoms with van der Waals surface area (Å²) in [5, 5.41) is 0. The maximum absolute atomic E-state index is 13.5. The van der Waals surface area contributed by atoms with Crippen LogP contribution in [0.5, 0.6) is 5.75 Å². The lowest BCUT2D eigenvalue weighted by atomic mass is 10.1. The Bertz CT molecular complexity index is 762. The number of hydrazine groups is 1. The first-order valence-corrected chi connectivity index (χ1v) is 8.27. The largest absolute Gasteiger partial charge is 0.481 e. The number of carbonyl (C=O) groups excluding carboxylic acids is 1. The summed E-state index contributed by atoms with van der Waals surface area (Å²) in [5.74, 6) is -2.00. The van der Waals surface area contributed by atoms with Crippen LogP contribution in [0.1, 0.15) is 22.8 Å². The number of oxazole rings is 1. The summed E-state index contributed by atoms with van der Waals surface area (Å²) in [6, 6.07) is 3.63. The Morgan fingerprint density at radius 1 is 1.38 bits per heavy atom. The third-order valence-corrected chi connectivity index (χ3v) is 4.16. The van der Waals surface area contributed by atoms with Gasteiger partial charge in [0.2, 0.25) is 11.7 Å². The molecule has 1 saturated heterocycles. The number of hydrogen-bond donors (Lipinski definition) is 2. The molecule has 0 spiro atoms. The number of carbonyl (C=O) groups is 1. The third kappa shape index (κ3) is 4.36. The molecule has 0 atom stereocenters. The number of amides is 1. The van der Waals surface area contributed by atoms with Gasteiger partial charge in [0.05, 0.1) is 0 Å². The highest BCUT2D eigenvalue weighted by molar-refractivity contribution is 5.91. The Labute approximate surface area is 149 Å². The Morgan fingerprint density at radius 3 is 2.92 bits per heavy atom. The van der Waals surface area contributed by atoms with Crippen LogP contribution in [0.15, 0.2) is 28.9 Å². The van der Waals surface area contributed by atoms with E-state index in [-0.39, 0.29) is 29.8 Å². The minimum absolute atomic E-state index is 0.106. The number of hydrogen-bond acceptors (Lipinski definition) is 6. The number of rotatable bonds is 7. The zero-order valence-electron chi connectivity index (χ0n) is 14.3. The van der Waals surface area contributed by atoms with Crippen molar-refractivity contribution in [2.75, 3.05) is 26.7 Å². The molecule has 1 aromatic heterocycles. The van der Waals surface area contributed by atoms with E-state index in [1.165, 1.54) is 18.4 Å². The molecule has 140 valence electrons. The first-order valence-electron chi connectivity index (χ1n) is 8.27. The lowest BCUT2D eigenvalue weighted by Gasteiger charge is -2.17. The van der Waals surface area contributed by atoms with E-state index in [0.717, 1.165) is 25.6 Å². The van der Waals surface area contributed by atoms with Gasteiger partial charge in [-0.1, -0.05) is 6.07 Å².